The minimum Gasteiger partial charge on any atom is -0.464 e. The van der Waals surface area contributed by atoms with Crippen molar-refractivity contribution >= 4 is 26.9 Å². The summed E-state index contributed by atoms with van der Waals surface area (Å²) in [5.74, 6) is 0. The number of fused-ring (bicyclic) bond motifs is 1. The molecular weight excluding hydrogens is 332 g/mol. The van der Waals surface area contributed by atoms with Gasteiger partial charge in [-0.25, -0.2) is 4.68 Å². The van der Waals surface area contributed by atoms with E-state index < -0.39 is 0 Å². The number of hydrogen-bond donors (Lipinski definition) is 1. The second-order valence-electron chi connectivity index (χ2n) is 4.96. The number of nitrogens with zero attached hydrogens (tertiary/aromatic N) is 3. The predicted octanol–water partition coefficient (Wildman–Crippen LogP) is 3.41. The third-order valence-corrected chi connectivity index (χ3v) is 4.09. The van der Waals surface area contributed by atoms with Gasteiger partial charge >= 0.3 is 0 Å². The first kappa shape index (κ1) is 14.3. The molecule has 0 radical (unpaired) electrons. The van der Waals surface area contributed by atoms with E-state index in [-0.39, 0.29) is 6.04 Å². The van der Waals surface area contributed by atoms with Gasteiger partial charge in [0, 0.05) is 18.0 Å². The van der Waals surface area contributed by atoms with Crippen molar-refractivity contribution in [3.63, 3.8) is 0 Å². The van der Waals surface area contributed by atoms with Crippen LogP contribution in [0.25, 0.3) is 11.0 Å². The van der Waals surface area contributed by atoms with E-state index in [2.05, 4.69) is 44.5 Å². The Morgan fingerprint density at radius 2 is 2.19 bits per heavy atom. The Labute approximate surface area is 131 Å². The minimum atomic E-state index is -0.0111. The predicted molar refractivity (Wildman–Crippen MR) is 85.1 cm³/mol. The number of furan rings is 1. The van der Waals surface area contributed by atoms with Crippen molar-refractivity contribution in [2.75, 3.05) is 6.54 Å². The molecule has 1 atom stereocenters. The molecule has 2 heterocycles. The topological polar surface area (TPSA) is 55.9 Å². The number of rotatable bonds is 5. The maximum absolute atomic E-state index is 5.68. The zero-order valence-electron chi connectivity index (χ0n) is 12.0. The van der Waals surface area contributed by atoms with Gasteiger partial charge in [-0.2, -0.15) is 0 Å². The van der Waals surface area contributed by atoms with Crippen molar-refractivity contribution in [1.82, 2.24) is 20.3 Å². The summed E-state index contributed by atoms with van der Waals surface area (Å²) in [7, 11) is 1.90. The Morgan fingerprint density at radius 1 is 1.38 bits per heavy atom. The summed E-state index contributed by atoms with van der Waals surface area (Å²) in [6.07, 6.45) is 2.87. The lowest BCUT2D eigenvalue weighted by Gasteiger charge is -2.18. The molecule has 0 spiro atoms. The minimum absolute atomic E-state index is 0.0111. The molecular formula is C15H17BrN4O. The van der Waals surface area contributed by atoms with E-state index in [0.717, 1.165) is 39.8 Å². The molecule has 1 unspecified atom stereocenters. The molecule has 1 aromatic carbocycles. The SMILES string of the molecule is CCCNC(c1coc2ccccc12)c1c(Br)nnn1C. The van der Waals surface area contributed by atoms with Gasteiger partial charge in [-0.1, -0.05) is 30.3 Å². The molecule has 0 aliphatic heterocycles. The number of halogens is 1. The van der Waals surface area contributed by atoms with Gasteiger partial charge in [0.25, 0.3) is 0 Å². The van der Waals surface area contributed by atoms with Gasteiger partial charge < -0.3 is 9.73 Å². The van der Waals surface area contributed by atoms with E-state index in [1.54, 1.807) is 4.68 Å². The van der Waals surface area contributed by atoms with Crippen LogP contribution in [0, 0.1) is 0 Å². The molecule has 110 valence electrons. The Hall–Kier alpha value is -1.66. The third-order valence-electron chi connectivity index (χ3n) is 3.52. The van der Waals surface area contributed by atoms with Crippen LogP contribution in [0.3, 0.4) is 0 Å². The second-order valence-corrected chi connectivity index (χ2v) is 5.71. The highest BCUT2D eigenvalue weighted by atomic mass is 79.9. The lowest BCUT2D eigenvalue weighted by atomic mass is 10.0. The second kappa shape index (κ2) is 5.99. The maximum Gasteiger partial charge on any atom is 0.153 e. The molecule has 21 heavy (non-hydrogen) atoms. The van der Waals surface area contributed by atoms with Crippen LogP contribution in [0.2, 0.25) is 0 Å². The lowest BCUT2D eigenvalue weighted by Crippen LogP contribution is -2.25. The van der Waals surface area contributed by atoms with Gasteiger partial charge in [-0.3, -0.25) is 0 Å². The van der Waals surface area contributed by atoms with Crippen LogP contribution < -0.4 is 5.32 Å². The fourth-order valence-electron chi connectivity index (χ4n) is 2.51. The van der Waals surface area contributed by atoms with E-state index in [1.165, 1.54) is 0 Å². The standard InChI is InChI=1S/C15H17BrN4O/c1-3-8-17-13(14-15(16)18-19-20(14)2)11-9-21-12-7-5-4-6-10(11)12/h4-7,9,13,17H,3,8H2,1-2H3. The molecule has 0 amide bonds. The molecule has 0 aliphatic rings. The molecule has 0 aliphatic carbocycles. The average molecular weight is 349 g/mol. The summed E-state index contributed by atoms with van der Waals surface area (Å²) < 4.78 is 8.23. The molecule has 0 saturated carbocycles. The van der Waals surface area contributed by atoms with Gasteiger partial charge in [0.2, 0.25) is 0 Å². The summed E-state index contributed by atoms with van der Waals surface area (Å²) >= 11 is 3.49. The normalized spacial score (nSPS) is 12.9. The quantitative estimate of drug-likeness (QED) is 0.767. The first-order valence-corrected chi connectivity index (χ1v) is 7.76. The van der Waals surface area contributed by atoms with Crippen LogP contribution in [0.1, 0.15) is 30.6 Å². The summed E-state index contributed by atoms with van der Waals surface area (Å²) in [5.41, 5.74) is 2.99. The largest absolute Gasteiger partial charge is 0.464 e. The van der Waals surface area contributed by atoms with Crippen molar-refractivity contribution in [3.8, 4) is 0 Å². The molecule has 3 aromatic rings. The van der Waals surface area contributed by atoms with Gasteiger partial charge in [-0.05, 0) is 35.0 Å². The number of aryl methyl sites for hydroxylation is 1. The lowest BCUT2D eigenvalue weighted by molar-refractivity contribution is 0.538. The highest BCUT2D eigenvalue weighted by molar-refractivity contribution is 9.10. The summed E-state index contributed by atoms with van der Waals surface area (Å²) in [4.78, 5) is 0. The number of benzene rings is 1. The van der Waals surface area contributed by atoms with E-state index in [0.29, 0.717) is 0 Å². The zero-order chi connectivity index (χ0) is 14.8. The van der Waals surface area contributed by atoms with Crippen LogP contribution in [0.5, 0.6) is 0 Å². The molecule has 6 heteroatoms. The fraction of sp³-hybridized carbons (Fsp3) is 0.333. The zero-order valence-corrected chi connectivity index (χ0v) is 13.6. The fourth-order valence-corrected chi connectivity index (χ4v) is 3.07. The molecule has 0 fully saturated rings. The van der Waals surface area contributed by atoms with E-state index in [9.17, 15) is 0 Å². The monoisotopic (exact) mass is 348 g/mol. The van der Waals surface area contributed by atoms with Crippen LogP contribution in [-0.2, 0) is 7.05 Å². The third kappa shape index (κ3) is 2.61. The first-order chi connectivity index (χ1) is 10.2. The van der Waals surface area contributed by atoms with Crippen LogP contribution >= 0.6 is 15.9 Å². The number of hydrogen-bond acceptors (Lipinski definition) is 4. The Kier molecular flexibility index (Phi) is 4.07. The molecule has 2 aromatic heterocycles. The van der Waals surface area contributed by atoms with Crippen molar-refractivity contribution in [2.24, 2.45) is 7.05 Å². The summed E-state index contributed by atoms with van der Waals surface area (Å²) in [5, 5.41) is 12.8. The van der Waals surface area contributed by atoms with Crippen molar-refractivity contribution in [2.45, 2.75) is 19.4 Å². The van der Waals surface area contributed by atoms with Gasteiger partial charge in [0.1, 0.15) is 5.58 Å². The van der Waals surface area contributed by atoms with Gasteiger partial charge in [0.15, 0.2) is 4.60 Å². The van der Waals surface area contributed by atoms with Crippen LogP contribution in [-0.4, -0.2) is 21.5 Å². The van der Waals surface area contributed by atoms with Crippen molar-refractivity contribution in [3.05, 3.63) is 46.4 Å². The molecule has 3 rings (SSSR count). The van der Waals surface area contributed by atoms with E-state index in [4.69, 9.17) is 4.42 Å². The van der Waals surface area contributed by atoms with Gasteiger partial charge in [0.05, 0.1) is 18.0 Å². The maximum atomic E-state index is 5.68. The first-order valence-electron chi connectivity index (χ1n) is 6.97. The van der Waals surface area contributed by atoms with Crippen LogP contribution in [0.4, 0.5) is 0 Å². The molecule has 0 bridgehead atoms. The Morgan fingerprint density at radius 3 is 2.90 bits per heavy atom. The number of nitrogens with one attached hydrogen (secondary N) is 1. The average Bonchev–Trinajstić information content (AvgIpc) is 3.06. The molecule has 5 nitrogen and oxygen atoms in total. The number of para-hydroxylation sites is 1. The summed E-state index contributed by atoms with van der Waals surface area (Å²) in [6.45, 7) is 3.05. The Bertz CT molecular complexity index is 730. The highest BCUT2D eigenvalue weighted by Gasteiger charge is 2.24. The van der Waals surface area contributed by atoms with E-state index in [1.807, 2.05) is 31.5 Å². The van der Waals surface area contributed by atoms with Crippen molar-refractivity contribution < 1.29 is 4.42 Å². The Balaban J connectivity index is 2.11. The smallest absolute Gasteiger partial charge is 0.153 e. The molecule has 0 saturated heterocycles. The summed E-state index contributed by atoms with van der Waals surface area (Å²) in [6, 6.07) is 8.04. The highest BCUT2D eigenvalue weighted by Crippen LogP contribution is 2.32. The van der Waals surface area contributed by atoms with E-state index >= 15 is 0 Å². The molecule has 1 N–H and O–H groups in total. The number of aromatic nitrogens is 3. The van der Waals surface area contributed by atoms with Crippen LogP contribution in [0.15, 0.2) is 39.5 Å². The van der Waals surface area contributed by atoms with Gasteiger partial charge in [-0.15, -0.1) is 5.10 Å². The van der Waals surface area contributed by atoms with Crippen molar-refractivity contribution in [1.29, 1.82) is 0 Å².